The smallest absolute Gasteiger partial charge is 0.317 e. The number of esters is 1. The number of allylic oxidation sites excluding steroid dienone is 1. The number of benzene rings is 1. The fourth-order valence-corrected chi connectivity index (χ4v) is 3.04. The molecule has 0 unspecified atom stereocenters. The van der Waals surface area contributed by atoms with E-state index in [0.29, 0.717) is 6.61 Å². The van der Waals surface area contributed by atoms with Gasteiger partial charge < -0.3 is 14.6 Å². The average Bonchev–Trinajstić information content (AvgIpc) is 2.59. The Bertz CT molecular complexity index is 617. The predicted molar refractivity (Wildman–Crippen MR) is 94.7 cm³/mol. The molecule has 1 N–H and O–H groups in total. The molecule has 0 spiro atoms. The molecule has 0 amide bonds. The van der Waals surface area contributed by atoms with Gasteiger partial charge in [-0.2, -0.15) is 0 Å². The van der Waals surface area contributed by atoms with Crippen molar-refractivity contribution >= 4 is 11.8 Å². The van der Waals surface area contributed by atoms with Gasteiger partial charge in [-0.1, -0.05) is 31.9 Å². The molecule has 1 aromatic carbocycles. The molecule has 0 saturated carbocycles. The largest absolute Gasteiger partial charge is 0.511 e. The quantitative estimate of drug-likeness (QED) is 0.570. The summed E-state index contributed by atoms with van der Waals surface area (Å²) in [5.74, 6) is -1.43. The van der Waals surface area contributed by atoms with Gasteiger partial charge in [-0.25, -0.2) is 0 Å². The van der Waals surface area contributed by atoms with Gasteiger partial charge in [0, 0.05) is 18.4 Å². The minimum Gasteiger partial charge on any atom is -0.511 e. The first-order valence-corrected chi connectivity index (χ1v) is 8.89. The molecule has 0 aromatic heterocycles. The number of carbonyl (C=O) groups excluding carboxylic acids is 2. The highest BCUT2D eigenvalue weighted by Crippen LogP contribution is 2.37. The normalized spacial score (nSPS) is 20.1. The van der Waals surface area contributed by atoms with Crippen molar-refractivity contribution in [2.75, 3.05) is 13.2 Å². The van der Waals surface area contributed by atoms with Crippen LogP contribution in [0.5, 0.6) is 5.75 Å². The Kier molecular flexibility index (Phi) is 7.04. The van der Waals surface area contributed by atoms with E-state index in [4.69, 9.17) is 9.47 Å². The van der Waals surface area contributed by atoms with Gasteiger partial charge in [-0.15, -0.1) is 0 Å². The molecule has 1 aromatic rings. The molecule has 0 radical (unpaired) electrons. The van der Waals surface area contributed by atoms with Crippen molar-refractivity contribution in [3.63, 3.8) is 0 Å². The van der Waals surface area contributed by atoms with Crippen LogP contribution >= 0.6 is 0 Å². The van der Waals surface area contributed by atoms with E-state index in [9.17, 15) is 14.7 Å². The van der Waals surface area contributed by atoms with Crippen LogP contribution < -0.4 is 4.74 Å². The zero-order valence-corrected chi connectivity index (χ0v) is 14.9. The first-order chi connectivity index (χ1) is 12.1. The number of unbranched alkanes of at least 4 members (excludes halogenated alkanes) is 2. The number of hydrogen-bond acceptors (Lipinski definition) is 5. The fraction of sp³-hybridized carbons (Fsp3) is 0.500. The van der Waals surface area contributed by atoms with Gasteiger partial charge in [0.15, 0.2) is 5.78 Å². The molecule has 2 atom stereocenters. The van der Waals surface area contributed by atoms with Gasteiger partial charge >= 0.3 is 5.97 Å². The Balaban J connectivity index is 2.12. The molecule has 0 fully saturated rings. The Hall–Kier alpha value is -2.30. The molecular weight excluding hydrogens is 320 g/mol. The summed E-state index contributed by atoms with van der Waals surface area (Å²) >= 11 is 0. The fourth-order valence-electron chi connectivity index (χ4n) is 3.04. The van der Waals surface area contributed by atoms with Crippen molar-refractivity contribution in [1.29, 1.82) is 0 Å². The van der Waals surface area contributed by atoms with Crippen LogP contribution in [0.25, 0.3) is 0 Å². The zero-order valence-electron chi connectivity index (χ0n) is 14.9. The van der Waals surface area contributed by atoms with Crippen LogP contribution in [0.4, 0.5) is 0 Å². The lowest BCUT2D eigenvalue weighted by molar-refractivity contribution is -0.148. The van der Waals surface area contributed by atoms with Crippen LogP contribution in [0.3, 0.4) is 0 Å². The van der Waals surface area contributed by atoms with Crippen LogP contribution in [-0.4, -0.2) is 30.1 Å². The third kappa shape index (κ3) is 5.08. The lowest BCUT2D eigenvalue weighted by Gasteiger charge is -2.28. The van der Waals surface area contributed by atoms with E-state index in [1.54, 1.807) is 6.92 Å². The third-order valence-electron chi connectivity index (χ3n) is 4.32. The number of ether oxygens (including phenoxy) is 2. The number of aliphatic hydroxyl groups excluding tert-OH is 1. The Morgan fingerprint density at radius 2 is 1.92 bits per heavy atom. The van der Waals surface area contributed by atoms with Gasteiger partial charge in [0.25, 0.3) is 0 Å². The molecule has 0 aliphatic heterocycles. The van der Waals surface area contributed by atoms with Crippen molar-refractivity contribution in [2.45, 2.75) is 45.4 Å². The molecule has 136 valence electrons. The second kappa shape index (κ2) is 9.25. The van der Waals surface area contributed by atoms with Crippen molar-refractivity contribution in [2.24, 2.45) is 5.92 Å². The SMILES string of the molecule is CCCCCOc1ccc([C@H]2CC(=O)C=C(O)[C@@H]2C(=O)OCC)cc1. The average molecular weight is 346 g/mol. The van der Waals surface area contributed by atoms with Crippen LogP contribution in [0.2, 0.25) is 0 Å². The number of carbonyl (C=O) groups is 2. The van der Waals surface area contributed by atoms with Crippen molar-refractivity contribution < 1.29 is 24.2 Å². The van der Waals surface area contributed by atoms with E-state index in [2.05, 4.69) is 6.92 Å². The first kappa shape index (κ1) is 19.0. The van der Waals surface area contributed by atoms with Gasteiger partial charge in [0.05, 0.1) is 13.2 Å². The topological polar surface area (TPSA) is 72.8 Å². The summed E-state index contributed by atoms with van der Waals surface area (Å²) < 4.78 is 10.7. The van der Waals surface area contributed by atoms with Gasteiger partial charge in [-0.05, 0) is 31.0 Å². The summed E-state index contributed by atoms with van der Waals surface area (Å²) in [6, 6.07) is 7.36. The van der Waals surface area contributed by atoms with Gasteiger partial charge in [0.1, 0.15) is 17.4 Å². The second-order valence-corrected chi connectivity index (χ2v) is 6.20. The minimum absolute atomic E-state index is 0.171. The molecule has 2 rings (SSSR count). The van der Waals surface area contributed by atoms with Crippen molar-refractivity contribution in [1.82, 2.24) is 0 Å². The standard InChI is InChI=1S/C20H26O5/c1-3-5-6-11-25-16-9-7-14(8-10-16)17-12-15(21)13-18(22)19(17)20(23)24-4-2/h7-10,13,17,19,22H,3-6,11-12H2,1-2H3/t17-,19-/m1/s1. The summed E-state index contributed by atoms with van der Waals surface area (Å²) in [6.45, 7) is 4.76. The summed E-state index contributed by atoms with van der Waals surface area (Å²) in [4.78, 5) is 24.0. The van der Waals surface area contributed by atoms with Gasteiger partial charge in [0.2, 0.25) is 0 Å². The molecule has 1 aliphatic rings. The molecule has 0 heterocycles. The third-order valence-corrected chi connectivity index (χ3v) is 4.32. The maximum Gasteiger partial charge on any atom is 0.317 e. The van der Waals surface area contributed by atoms with Crippen molar-refractivity contribution in [3.05, 3.63) is 41.7 Å². The minimum atomic E-state index is -0.839. The van der Waals surface area contributed by atoms with Crippen LogP contribution in [0, 0.1) is 5.92 Å². The Morgan fingerprint density at radius 1 is 1.20 bits per heavy atom. The highest BCUT2D eigenvalue weighted by Gasteiger charge is 2.38. The van der Waals surface area contributed by atoms with E-state index in [1.165, 1.54) is 0 Å². The highest BCUT2D eigenvalue weighted by atomic mass is 16.5. The van der Waals surface area contributed by atoms with Gasteiger partial charge in [-0.3, -0.25) is 9.59 Å². The lowest BCUT2D eigenvalue weighted by Crippen LogP contribution is -2.31. The van der Waals surface area contributed by atoms with Crippen LogP contribution in [0.1, 0.15) is 51.0 Å². The van der Waals surface area contributed by atoms with E-state index >= 15 is 0 Å². The first-order valence-electron chi connectivity index (χ1n) is 8.89. The summed E-state index contributed by atoms with van der Waals surface area (Å²) in [5.41, 5.74) is 0.812. The maximum absolute atomic E-state index is 12.2. The van der Waals surface area contributed by atoms with E-state index < -0.39 is 17.8 Å². The lowest BCUT2D eigenvalue weighted by atomic mass is 9.77. The molecule has 5 heteroatoms. The molecule has 25 heavy (non-hydrogen) atoms. The molecule has 0 bridgehead atoms. The van der Waals surface area contributed by atoms with Crippen LogP contribution in [0.15, 0.2) is 36.1 Å². The molecule has 1 aliphatic carbocycles. The Morgan fingerprint density at radius 3 is 2.56 bits per heavy atom. The monoisotopic (exact) mass is 346 g/mol. The molecule has 0 saturated heterocycles. The number of aliphatic hydroxyl groups is 1. The summed E-state index contributed by atoms with van der Waals surface area (Å²) in [6.07, 6.45) is 4.59. The van der Waals surface area contributed by atoms with E-state index in [0.717, 1.165) is 36.7 Å². The predicted octanol–water partition coefficient (Wildman–Crippen LogP) is 3.93. The van der Waals surface area contributed by atoms with Crippen LogP contribution in [-0.2, 0) is 14.3 Å². The zero-order chi connectivity index (χ0) is 18.2. The maximum atomic E-state index is 12.2. The van der Waals surface area contributed by atoms with E-state index in [-0.39, 0.29) is 24.6 Å². The van der Waals surface area contributed by atoms with E-state index in [1.807, 2.05) is 24.3 Å². The Labute approximate surface area is 148 Å². The highest BCUT2D eigenvalue weighted by molar-refractivity contribution is 5.94. The summed E-state index contributed by atoms with van der Waals surface area (Å²) in [5, 5.41) is 10.1. The molecule has 5 nitrogen and oxygen atoms in total. The molecular formula is C20H26O5. The number of rotatable bonds is 8. The number of hydrogen-bond donors (Lipinski definition) is 1. The number of ketones is 1. The van der Waals surface area contributed by atoms with Crippen molar-refractivity contribution in [3.8, 4) is 5.75 Å². The second-order valence-electron chi connectivity index (χ2n) is 6.20. The summed E-state index contributed by atoms with van der Waals surface area (Å²) in [7, 11) is 0.